The number of rotatable bonds is 5. The molecule has 2 aromatic carbocycles. The Morgan fingerprint density at radius 1 is 1.19 bits per heavy atom. The van der Waals surface area contributed by atoms with Gasteiger partial charge in [0, 0.05) is 16.1 Å². The maximum atomic E-state index is 12.3. The first-order valence-electron chi connectivity index (χ1n) is 6.94. The van der Waals surface area contributed by atoms with Crippen LogP contribution in [0.25, 0.3) is 0 Å². The quantitative estimate of drug-likeness (QED) is 0.807. The van der Waals surface area contributed by atoms with Gasteiger partial charge >= 0.3 is 0 Å². The molecule has 0 spiro atoms. The lowest BCUT2D eigenvalue weighted by molar-refractivity contribution is 0.102. The van der Waals surface area contributed by atoms with E-state index in [0.717, 1.165) is 28.3 Å². The second-order valence-corrected chi connectivity index (χ2v) is 5.34. The van der Waals surface area contributed by atoms with Gasteiger partial charge in [-0.15, -0.1) is 12.6 Å². The molecule has 0 aliphatic rings. The third kappa shape index (κ3) is 4.26. The summed E-state index contributed by atoms with van der Waals surface area (Å²) in [4.78, 5) is 13.0. The minimum atomic E-state index is -0.134. The molecule has 4 heteroatoms. The topological polar surface area (TPSA) is 38.3 Å². The molecule has 0 bridgehead atoms. The van der Waals surface area contributed by atoms with Gasteiger partial charge in [0.25, 0.3) is 5.91 Å². The van der Waals surface area contributed by atoms with Crippen LogP contribution in [0.15, 0.2) is 47.4 Å². The van der Waals surface area contributed by atoms with Crippen molar-refractivity contribution < 1.29 is 9.53 Å². The van der Waals surface area contributed by atoms with Gasteiger partial charge in [-0.1, -0.05) is 13.0 Å². The van der Waals surface area contributed by atoms with Crippen LogP contribution in [0.4, 0.5) is 5.69 Å². The summed E-state index contributed by atoms with van der Waals surface area (Å²) in [7, 11) is 0. The van der Waals surface area contributed by atoms with E-state index in [0.29, 0.717) is 12.2 Å². The molecule has 0 fully saturated rings. The zero-order valence-corrected chi connectivity index (χ0v) is 13.1. The van der Waals surface area contributed by atoms with Crippen molar-refractivity contribution in [3.63, 3.8) is 0 Å². The van der Waals surface area contributed by atoms with Gasteiger partial charge in [0.2, 0.25) is 0 Å². The molecule has 0 saturated heterocycles. The van der Waals surface area contributed by atoms with Crippen molar-refractivity contribution in [2.45, 2.75) is 25.2 Å². The van der Waals surface area contributed by atoms with Gasteiger partial charge in [-0.25, -0.2) is 0 Å². The van der Waals surface area contributed by atoms with E-state index in [-0.39, 0.29) is 5.91 Å². The maximum Gasteiger partial charge on any atom is 0.255 e. The van der Waals surface area contributed by atoms with Gasteiger partial charge < -0.3 is 10.1 Å². The molecule has 110 valence electrons. The number of hydrogen-bond acceptors (Lipinski definition) is 3. The number of benzene rings is 2. The van der Waals surface area contributed by atoms with Gasteiger partial charge in [-0.05, 0) is 55.3 Å². The van der Waals surface area contributed by atoms with Crippen molar-refractivity contribution in [2.24, 2.45) is 0 Å². The normalized spacial score (nSPS) is 10.2. The Labute approximate surface area is 130 Å². The minimum absolute atomic E-state index is 0.134. The summed E-state index contributed by atoms with van der Waals surface area (Å²) in [5, 5.41) is 2.88. The average molecular weight is 301 g/mol. The molecular formula is C17H19NO2S. The fourth-order valence-corrected chi connectivity index (χ4v) is 2.11. The first kappa shape index (κ1) is 15.4. The van der Waals surface area contributed by atoms with Crippen molar-refractivity contribution >= 4 is 24.2 Å². The van der Waals surface area contributed by atoms with Crippen molar-refractivity contribution in [3.8, 4) is 5.75 Å². The molecule has 1 N–H and O–H groups in total. The largest absolute Gasteiger partial charge is 0.494 e. The van der Waals surface area contributed by atoms with E-state index in [1.165, 1.54) is 0 Å². The Kier molecular flexibility index (Phi) is 5.28. The highest BCUT2D eigenvalue weighted by atomic mass is 32.1. The number of anilines is 1. The first-order valence-corrected chi connectivity index (χ1v) is 7.38. The summed E-state index contributed by atoms with van der Waals surface area (Å²) in [6.07, 6.45) is 0.970. The third-order valence-corrected chi connectivity index (χ3v) is 3.33. The predicted molar refractivity (Wildman–Crippen MR) is 88.6 cm³/mol. The molecule has 0 unspecified atom stereocenters. The lowest BCUT2D eigenvalue weighted by atomic mass is 10.1. The SMILES string of the molecule is CCCOc1ccc(NC(=O)c2cc(S)ccc2C)cc1. The zero-order valence-electron chi connectivity index (χ0n) is 12.2. The van der Waals surface area contributed by atoms with Crippen LogP contribution >= 0.6 is 12.6 Å². The Morgan fingerprint density at radius 3 is 2.57 bits per heavy atom. The molecular weight excluding hydrogens is 282 g/mol. The summed E-state index contributed by atoms with van der Waals surface area (Å²) in [5.41, 5.74) is 2.30. The molecule has 3 nitrogen and oxygen atoms in total. The van der Waals surface area contributed by atoms with Crippen molar-refractivity contribution in [2.75, 3.05) is 11.9 Å². The van der Waals surface area contributed by atoms with Crippen molar-refractivity contribution in [1.82, 2.24) is 0 Å². The van der Waals surface area contributed by atoms with Crippen LogP contribution in [0.2, 0.25) is 0 Å². The molecule has 0 saturated carbocycles. The van der Waals surface area contributed by atoms with E-state index in [1.807, 2.05) is 43.3 Å². The van der Waals surface area contributed by atoms with Crippen LogP contribution in [0.3, 0.4) is 0 Å². The fourth-order valence-electron chi connectivity index (χ4n) is 1.91. The van der Waals surface area contributed by atoms with Crippen LogP contribution < -0.4 is 10.1 Å². The van der Waals surface area contributed by atoms with Gasteiger partial charge in [-0.3, -0.25) is 4.79 Å². The second kappa shape index (κ2) is 7.18. The summed E-state index contributed by atoms with van der Waals surface area (Å²) >= 11 is 4.27. The summed E-state index contributed by atoms with van der Waals surface area (Å²) in [6, 6.07) is 12.9. The molecule has 1 amide bonds. The molecule has 0 aliphatic heterocycles. The molecule has 0 aliphatic carbocycles. The van der Waals surface area contributed by atoms with E-state index in [1.54, 1.807) is 6.07 Å². The van der Waals surface area contributed by atoms with E-state index in [9.17, 15) is 4.79 Å². The number of nitrogens with one attached hydrogen (secondary N) is 1. The number of amides is 1. The number of thiol groups is 1. The molecule has 21 heavy (non-hydrogen) atoms. The highest BCUT2D eigenvalue weighted by Crippen LogP contribution is 2.19. The predicted octanol–water partition coefficient (Wildman–Crippen LogP) is 4.32. The number of carbonyl (C=O) groups excluding carboxylic acids is 1. The molecule has 0 aromatic heterocycles. The number of aryl methyl sites for hydroxylation is 1. The molecule has 2 rings (SSSR count). The summed E-state index contributed by atoms with van der Waals surface area (Å²) < 4.78 is 5.51. The number of ether oxygens (including phenoxy) is 1. The third-order valence-electron chi connectivity index (χ3n) is 3.05. The highest BCUT2D eigenvalue weighted by Gasteiger charge is 2.09. The zero-order chi connectivity index (χ0) is 15.2. The Morgan fingerprint density at radius 2 is 1.90 bits per heavy atom. The molecule has 0 heterocycles. The van der Waals surface area contributed by atoms with E-state index in [2.05, 4.69) is 24.9 Å². The average Bonchev–Trinajstić information content (AvgIpc) is 2.49. The Hall–Kier alpha value is -1.94. The monoisotopic (exact) mass is 301 g/mol. The number of hydrogen-bond donors (Lipinski definition) is 2. The molecule has 0 atom stereocenters. The van der Waals surface area contributed by atoms with Crippen molar-refractivity contribution in [1.29, 1.82) is 0 Å². The van der Waals surface area contributed by atoms with E-state index >= 15 is 0 Å². The summed E-state index contributed by atoms with van der Waals surface area (Å²) in [5.74, 6) is 0.675. The van der Waals surface area contributed by atoms with Crippen LogP contribution in [0.1, 0.15) is 29.3 Å². The Balaban J connectivity index is 2.07. The molecule has 0 radical (unpaired) electrons. The lowest BCUT2D eigenvalue weighted by Gasteiger charge is -2.09. The van der Waals surface area contributed by atoms with Crippen LogP contribution in [0.5, 0.6) is 5.75 Å². The van der Waals surface area contributed by atoms with Gasteiger partial charge in [-0.2, -0.15) is 0 Å². The lowest BCUT2D eigenvalue weighted by Crippen LogP contribution is -2.13. The van der Waals surface area contributed by atoms with Gasteiger partial charge in [0.15, 0.2) is 0 Å². The van der Waals surface area contributed by atoms with Crippen LogP contribution in [-0.2, 0) is 0 Å². The minimum Gasteiger partial charge on any atom is -0.494 e. The number of carbonyl (C=O) groups is 1. The fraction of sp³-hybridized carbons (Fsp3) is 0.235. The van der Waals surface area contributed by atoms with Crippen LogP contribution in [-0.4, -0.2) is 12.5 Å². The smallest absolute Gasteiger partial charge is 0.255 e. The van der Waals surface area contributed by atoms with Crippen LogP contribution in [0, 0.1) is 6.92 Å². The standard InChI is InChI=1S/C17H19NO2S/c1-3-10-20-14-7-5-13(6-8-14)18-17(19)16-11-15(21)9-4-12(16)2/h4-9,11,21H,3,10H2,1-2H3,(H,18,19). The van der Waals surface area contributed by atoms with Gasteiger partial charge in [0.05, 0.1) is 6.61 Å². The first-order chi connectivity index (χ1) is 10.1. The summed E-state index contributed by atoms with van der Waals surface area (Å²) in [6.45, 7) is 4.66. The van der Waals surface area contributed by atoms with Gasteiger partial charge in [0.1, 0.15) is 5.75 Å². The Bertz CT molecular complexity index is 623. The maximum absolute atomic E-state index is 12.3. The molecule has 2 aromatic rings. The van der Waals surface area contributed by atoms with E-state index in [4.69, 9.17) is 4.74 Å². The second-order valence-electron chi connectivity index (χ2n) is 4.83. The van der Waals surface area contributed by atoms with E-state index < -0.39 is 0 Å². The van der Waals surface area contributed by atoms with Crippen molar-refractivity contribution in [3.05, 3.63) is 53.6 Å². The highest BCUT2D eigenvalue weighted by molar-refractivity contribution is 7.80.